The molecule has 24 heavy (non-hydrogen) atoms. The van der Waals surface area contributed by atoms with Gasteiger partial charge in [0.25, 0.3) is 5.91 Å². The second kappa shape index (κ2) is 8.48. The van der Waals surface area contributed by atoms with Crippen molar-refractivity contribution < 1.29 is 14.3 Å². The SMILES string of the molecule is CC(C)c1cc(I)ccc1NC(=O)COC(=O)c1cccc(Cl)c1. The van der Waals surface area contributed by atoms with Crippen molar-refractivity contribution in [3.8, 4) is 0 Å². The fraction of sp³-hybridized carbons (Fsp3) is 0.222. The minimum atomic E-state index is -0.584. The van der Waals surface area contributed by atoms with Crippen LogP contribution in [0, 0.1) is 3.57 Å². The highest BCUT2D eigenvalue weighted by Gasteiger charge is 2.13. The molecule has 126 valence electrons. The zero-order valence-corrected chi connectivity index (χ0v) is 16.2. The normalized spacial score (nSPS) is 10.5. The Bertz CT molecular complexity index is 762. The molecule has 0 bridgehead atoms. The van der Waals surface area contributed by atoms with Gasteiger partial charge in [-0.1, -0.05) is 31.5 Å². The highest BCUT2D eigenvalue weighted by Crippen LogP contribution is 2.26. The smallest absolute Gasteiger partial charge is 0.338 e. The highest BCUT2D eigenvalue weighted by atomic mass is 127. The first-order valence-electron chi connectivity index (χ1n) is 7.39. The lowest BCUT2D eigenvalue weighted by atomic mass is 10.0. The zero-order valence-electron chi connectivity index (χ0n) is 13.3. The topological polar surface area (TPSA) is 55.4 Å². The second-order valence-corrected chi connectivity index (χ2v) is 7.20. The molecule has 0 aromatic heterocycles. The zero-order chi connectivity index (χ0) is 17.7. The van der Waals surface area contributed by atoms with Crippen molar-refractivity contribution in [2.45, 2.75) is 19.8 Å². The molecule has 0 atom stereocenters. The van der Waals surface area contributed by atoms with Crippen LogP contribution in [0.1, 0.15) is 35.7 Å². The summed E-state index contributed by atoms with van der Waals surface area (Å²) >= 11 is 8.06. The van der Waals surface area contributed by atoms with Crippen LogP contribution in [0.4, 0.5) is 5.69 Å². The Labute approximate surface area is 159 Å². The Hall–Kier alpha value is -1.60. The third kappa shape index (κ3) is 5.21. The number of hydrogen-bond donors (Lipinski definition) is 1. The van der Waals surface area contributed by atoms with Gasteiger partial charge in [-0.05, 0) is 70.5 Å². The number of esters is 1. The quantitative estimate of drug-likeness (QED) is 0.515. The van der Waals surface area contributed by atoms with Crippen LogP contribution < -0.4 is 5.32 Å². The van der Waals surface area contributed by atoms with E-state index in [0.717, 1.165) is 14.8 Å². The molecule has 0 unspecified atom stereocenters. The summed E-state index contributed by atoms with van der Waals surface area (Å²) in [5.74, 6) is -0.697. The standard InChI is InChI=1S/C18H17ClINO3/c1-11(2)15-9-14(20)6-7-16(15)21-17(22)10-24-18(23)12-4-3-5-13(19)8-12/h3-9,11H,10H2,1-2H3,(H,21,22). The molecule has 0 spiro atoms. The van der Waals surface area contributed by atoms with Gasteiger partial charge in [-0.25, -0.2) is 4.79 Å². The van der Waals surface area contributed by atoms with Gasteiger partial charge in [0.2, 0.25) is 0 Å². The highest BCUT2D eigenvalue weighted by molar-refractivity contribution is 14.1. The third-order valence-corrected chi connectivity index (χ3v) is 4.21. The largest absolute Gasteiger partial charge is 0.452 e. The summed E-state index contributed by atoms with van der Waals surface area (Å²) < 4.78 is 6.13. The van der Waals surface area contributed by atoms with Gasteiger partial charge in [0, 0.05) is 14.3 Å². The van der Waals surface area contributed by atoms with E-state index in [-0.39, 0.29) is 18.4 Å². The van der Waals surface area contributed by atoms with Gasteiger partial charge in [0.05, 0.1) is 5.56 Å². The predicted octanol–water partition coefficient (Wildman–Crippen LogP) is 4.86. The van der Waals surface area contributed by atoms with E-state index < -0.39 is 5.97 Å². The van der Waals surface area contributed by atoms with Crippen LogP contribution in [-0.4, -0.2) is 18.5 Å². The third-order valence-electron chi connectivity index (χ3n) is 3.30. The van der Waals surface area contributed by atoms with Crippen molar-refractivity contribution in [3.05, 3.63) is 62.2 Å². The fourth-order valence-corrected chi connectivity index (χ4v) is 2.85. The molecule has 1 N–H and O–H groups in total. The fourth-order valence-electron chi connectivity index (χ4n) is 2.14. The van der Waals surface area contributed by atoms with Gasteiger partial charge in [-0.15, -0.1) is 0 Å². The summed E-state index contributed by atoms with van der Waals surface area (Å²) in [7, 11) is 0. The first kappa shape index (κ1) is 18.7. The Morgan fingerprint density at radius 3 is 2.62 bits per heavy atom. The van der Waals surface area contributed by atoms with E-state index in [0.29, 0.717) is 10.6 Å². The van der Waals surface area contributed by atoms with E-state index in [1.54, 1.807) is 18.2 Å². The molecule has 2 aromatic rings. The van der Waals surface area contributed by atoms with Crippen LogP contribution in [0.5, 0.6) is 0 Å². The second-order valence-electron chi connectivity index (χ2n) is 5.52. The summed E-state index contributed by atoms with van der Waals surface area (Å²) in [6.45, 7) is 3.76. The first-order chi connectivity index (χ1) is 11.4. The maximum atomic E-state index is 12.1. The molecule has 0 radical (unpaired) electrons. The van der Waals surface area contributed by atoms with Gasteiger partial charge < -0.3 is 10.1 Å². The molecule has 2 aromatic carbocycles. The number of amides is 1. The van der Waals surface area contributed by atoms with Crippen LogP contribution in [0.2, 0.25) is 5.02 Å². The molecule has 6 heteroatoms. The van der Waals surface area contributed by atoms with E-state index in [2.05, 4.69) is 41.8 Å². The molecule has 0 aliphatic carbocycles. The van der Waals surface area contributed by atoms with E-state index in [9.17, 15) is 9.59 Å². The van der Waals surface area contributed by atoms with Crippen LogP contribution in [-0.2, 0) is 9.53 Å². The molecule has 2 rings (SSSR count). The molecule has 0 heterocycles. The summed E-state index contributed by atoms with van der Waals surface area (Å²) in [4.78, 5) is 24.0. The summed E-state index contributed by atoms with van der Waals surface area (Å²) in [5, 5.41) is 3.23. The average molecular weight is 458 g/mol. The first-order valence-corrected chi connectivity index (χ1v) is 8.84. The molecule has 0 aliphatic rings. The van der Waals surface area contributed by atoms with Gasteiger partial charge in [-0.2, -0.15) is 0 Å². The molecule has 0 saturated heterocycles. The number of benzene rings is 2. The van der Waals surface area contributed by atoms with Gasteiger partial charge in [0.1, 0.15) is 0 Å². The van der Waals surface area contributed by atoms with E-state index in [1.807, 2.05) is 18.2 Å². The van der Waals surface area contributed by atoms with E-state index in [1.165, 1.54) is 6.07 Å². The van der Waals surface area contributed by atoms with Crippen molar-refractivity contribution in [1.29, 1.82) is 0 Å². The maximum absolute atomic E-state index is 12.1. The molecule has 4 nitrogen and oxygen atoms in total. The molecule has 0 aliphatic heterocycles. The molecule has 0 fully saturated rings. The van der Waals surface area contributed by atoms with Crippen molar-refractivity contribution >= 4 is 51.8 Å². The molecular formula is C18H17ClINO3. The number of nitrogens with one attached hydrogen (secondary N) is 1. The lowest BCUT2D eigenvalue weighted by Gasteiger charge is -2.14. The van der Waals surface area contributed by atoms with E-state index in [4.69, 9.17) is 16.3 Å². The monoisotopic (exact) mass is 457 g/mol. The number of ether oxygens (including phenoxy) is 1. The minimum absolute atomic E-state index is 0.268. The number of anilines is 1. The number of halogens is 2. The maximum Gasteiger partial charge on any atom is 0.338 e. The van der Waals surface area contributed by atoms with Crippen LogP contribution in [0.15, 0.2) is 42.5 Å². The molecular weight excluding hydrogens is 441 g/mol. The lowest BCUT2D eigenvalue weighted by Crippen LogP contribution is -2.21. The minimum Gasteiger partial charge on any atom is -0.452 e. The summed E-state index contributed by atoms with van der Waals surface area (Å²) in [5.41, 5.74) is 2.08. The van der Waals surface area contributed by atoms with Gasteiger partial charge in [0.15, 0.2) is 6.61 Å². The van der Waals surface area contributed by atoms with Crippen LogP contribution >= 0.6 is 34.2 Å². The van der Waals surface area contributed by atoms with Gasteiger partial charge >= 0.3 is 5.97 Å². The van der Waals surface area contributed by atoms with Gasteiger partial charge in [-0.3, -0.25) is 4.79 Å². The average Bonchev–Trinajstić information content (AvgIpc) is 2.54. The van der Waals surface area contributed by atoms with Crippen LogP contribution in [0.25, 0.3) is 0 Å². The Kier molecular flexibility index (Phi) is 6.62. The summed E-state index contributed by atoms with van der Waals surface area (Å²) in [6.07, 6.45) is 0. The Morgan fingerprint density at radius 2 is 1.96 bits per heavy atom. The van der Waals surface area contributed by atoms with E-state index >= 15 is 0 Å². The van der Waals surface area contributed by atoms with Crippen molar-refractivity contribution in [2.24, 2.45) is 0 Å². The lowest BCUT2D eigenvalue weighted by molar-refractivity contribution is -0.119. The number of carbonyl (C=O) groups is 2. The number of hydrogen-bond acceptors (Lipinski definition) is 3. The number of carbonyl (C=O) groups excluding carboxylic acids is 2. The van der Waals surface area contributed by atoms with Crippen molar-refractivity contribution in [2.75, 3.05) is 11.9 Å². The van der Waals surface area contributed by atoms with Crippen molar-refractivity contribution in [1.82, 2.24) is 0 Å². The summed E-state index contributed by atoms with van der Waals surface area (Å²) in [6, 6.07) is 12.2. The Morgan fingerprint density at radius 1 is 1.21 bits per heavy atom. The number of rotatable bonds is 5. The molecule has 1 amide bonds. The predicted molar refractivity (Wildman–Crippen MR) is 104 cm³/mol. The van der Waals surface area contributed by atoms with Crippen molar-refractivity contribution in [3.63, 3.8) is 0 Å². The molecule has 0 saturated carbocycles. The van der Waals surface area contributed by atoms with Crippen LogP contribution in [0.3, 0.4) is 0 Å². The Balaban J connectivity index is 1.98.